The quantitative estimate of drug-likeness (QED) is 0.718. The molecule has 0 aromatic heterocycles. The van der Waals surface area contributed by atoms with Gasteiger partial charge in [-0.2, -0.15) is 0 Å². The number of rotatable bonds is 7. The van der Waals surface area contributed by atoms with E-state index in [9.17, 15) is 0 Å². The largest absolute Gasteiger partial charge is 0.491 e. The molecule has 0 aliphatic carbocycles. The average molecular weight is 291 g/mol. The summed E-state index contributed by atoms with van der Waals surface area (Å²) in [6.45, 7) is 12.1. The van der Waals surface area contributed by atoms with Crippen molar-refractivity contribution in [3.05, 3.63) is 29.3 Å². The maximum absolute atomic E-state index is 5.74. The van der Waals surface area contributed by atoms with Crippen LogP contribution in [0.3, 0.4) is 0 Å². The molecule has 0 amide bonds. The van der Waals surface area contributed by atoms with E-state index in [1.807, 2.05) is 0 Å². The van der Waals surface area contributed by atoms with Crippen LogP contribution < -0.4 is 4.74 Å². The standard InChI is InChI=1S/C18H29NO2/c1-15-4-6-19(7-5-15)8-9-20-10-11-21-18-13-16(2)12-17(3)14-18/h12-15H,4-11H2,1-3H3. The van der Waals surface area contributed by atoms with Gasteiger partial charge in [0.05, 0.1) is 13.2 Å². The van der Waals surface area contributed by atoms with E-state index < -0.39 is 0 Å². The van der Waals surface area contributed by atoms with Crippen LogP contribution in [0, 0.1) is 19.8 Å². The van der Waals surface area contributed by atoms with Crippen LogP contribution in [0.5, 0.6) is 5.75 Å². The highest BCUT2D eigenvalue weighted by atomic mass is 16.5. The molecule has 0 bridgehead atoms. The minimum Gasteiger partial charge on any atom is -0.491 e. The Morgan fingerprint density at radius 3 is 2.33 bits per heavy atom. The Kier molecular flexibility index (Phi) is 6.52. The van der Waals surface area contributed by atoms with Crippen molar-refractivity contribution in [1.82, 2.24) is 4.90 Å². The van der Waals surface area contributed by atoms with E-state index >= 15 is 0 Å². The molecule has 1 aliphatic heterocycles. The van der Waals surface area contributed by atoms with Gasteiger partial charge < -0.3 is 14.4 Å². The molecule has 1 fully saturated rings. The Balaban J connectivity index is 1.54. The van der Waals surface area contributed by atoms with E-state index in [0.717, 1.165) is 24.8 Å². The van der Waals surface area contributed by atoms with Gasteiger partial charge >= 0.3 is 0 Å². The van der Waals surface area contributed by atoms with Crippen molar-refractivity contribution in [1.29, 1.82) is 0 Å². The highest BCUT2D eigenvalue weighted by molar-refractivity contribution is 5.32. The van der Waals surface area contributed by atoms with Crippen molar-refractivity contribution >= 4 is 0 Å². The Bertz CT molecular complexity index is 405. The van der Waals surface area contributed by atoms with E-state index in [-0.39, 0.29) is 0 Å². The summed E-state index contributed by atoms with van der Waals surface area (Å²) >= 11 is 0. The molecule has 0 unspecified atom stereocenters. The zero-order valence-corrected chi connectivity index (χ0v) is 13.7. The molecule has 0 N–H and O–H groups in total. The summed E-state index contributed by atoms with van der Waals surface area (Å²) in [5.74, 6) is 1.84. The Morgan fingerprint density at radius 1 is 1.00 bits per heavy atom. The fourth-order valence-electron chi connectivity index (χ4n) is 2.82. The van der Waals surface area contributed by atoms with Gasteiger partial charge in [0.25, 0.3) is 0 Å². The molecule has 1 aromatic carbocycles. The van der Waals surface area contributed by atoms with Gasteiger partial charge in [0.1, 0.15) is 12.4 Å². The number of piperidine rings is 1. The number of likely N-dealkylation sites (tertiary alicyclic amines) is 1. The number of hydrogen-bond acceptors (Lipinski definition) is 3. The monoisotopic (exact) mass is 291 g/mol. The van der Waals surface area contributed by atoms with Crippen LogP contribution in [0.1, 0.15) is 30.9 Å². The zero-order chi connectivity index (χ0) is 15.1. The number of benzene rings is 1. The zero-order valence-electron chi connectivity index (χ0n) is 13.7. The first kappa shape index (κ1) is 16.3. The van der Waals surface area contributed by atoms with Gasteiger partial charge in [0, 0.05) is 6.54 Å². The molecule has 0 spiro atoms. The summed E-state index contributed by atoms with van der Waals surface area (Å²) in [5, 5.41) is 0. The van der Waals surface area contributed by atoms with Crippen molar-refractivity contribution in [2.75, 3.05) is 39.5 Å². The Labute approximate surface area is 129 Å². The highest BCUT2D eigenvalue weighted by Crippen LogP contribution is 2.16. The van der Waals surface area contributed by atoms with Crippen LogP contribution in [-0.2, 0) is 4.74 Å². The second-order valence-corrected chi connectivity index (χ2v) is 6.31. The van der Waals surface area contributed by atoms with Gasteiger partial charge in [-0.15, -0.1) is 0 Å². The van der Waals surface area contributed by atoms with Crippen molar-refractivity contribution in [3.8, 4) is 5.75 Å². The molecule has 1 aromatic rings. The molecule has 21 heavy (non-hydrogen) atoms. The van der Waals surface area contributed by atoms with E-state index in [1.54, 1.807) is 0 Å². The number of aryl methyl sites for hydroxylation is 2. The molecule has 1 saturated heterocycles. The first-order valence-corrected chi connectivity index (χ1v) is 8.14. The van der Waals surface area contributed by atoms with Gasteiger partial charge in [0.15, 0.2) is 0 Å². The first-order valence-electron chi connectivity index (χ1n) is 8.14. The van der Waals surface area contributed by atoms with E-state index in [4.69, 9.17) is 9.47 Å². The molecule has 2 rings (SSSR count). The molecule has 3 heteroatoms. The molecule has 1 heterocycles. The van der Waals surface area contributed by atoms with Crippen LogP contribution in [0.25, 0.3) is 0 Å². The third kappa shape index (κ3) is 6.06. The lowest BCUT2D eigenvalue weighted by molar-refractivity contribution is 0.0708. The summed E-state index contributed by atoms with van der Waals surface area (Å²) in [6, 6.07) is 6.30. The van der Waals surface area contributed by atoms with Crippen molar-refractivity contribution in [2.45, 2.75) is 33.6 Å². The molecule has 0 radical (unpaired) electrons. The Morgan fingerprint density at radius 2 is 1.67 bits per heavy atom. The Hall–Kier alpha value is -1.06. The van der Waals surface area contributed by atoms with Crippen LogP contribution in [0.4, 0.5) is 0 Å². The van der Waals surface area contributed by atoms with E-state index in [2.05, 4.69) is 43.9 Å². The lowest BCUT2D eigenvalue weighted by Crippen LogP contribution is -2.35. The molecule has 118 valence electrons. The molecule has 3 nitrogen and oxygen atoms in total. The predicted octanol–water partition coefficient (Wildman–Crippen LogP) is 3.43. The number of nitrogens with zero attached hydrogens (tertiary/aromatic N) is 1. The summed E-state index contributed by atoms with van der Waals surface area (Å²) in [6.07, 6.45) is 2.66. The third-order valence-corrected chi connectivity index (χ3v) is 4.12. The fraction of sp³-hybridized carbons (Fsp3) is 0.667. The van der Waals surface area contributed by atoms with Gasteiger partial charge in [-0.25, -0.2) is 0 Å². The maximum atomic E-state index is 5.74. The normalized spacial score (nSPS) is 17.1. The SMILES string of the molecule is Cc1cc(C)cc(OCCOCCN2CCC(C)CC2)c1. The minimum atomic E-state index is 0.625. The molecule has 1 aliphatic rings. The minimum absolute atomic E-state index is 0.625. The van der Waals surface area contributed by atoms with Gasteiger partial charge in [-0.05, 0) is 69.0 Å². The van der Waals surface area contributed by atoms with Crippen LogP contribution in [0.15, 0.2) is 18.2 Å². The smallest absolute Gasteiger partial charge is 0.119 e. The van der Waals surface area contributed by atoms with Gasteiger partial charge in [-0.3, -0.25) is 0 Å². The third-order valence-electron chi connectivity index (χ3n) is 4.12. The van der Waals surface area contributed by atoms with Crippen molar-refractivity contribution in [2.24, 2.45) is 5.92 Å². The first-order chi connectivity index (χ1) is 10.1. The molecule has 0 atom stereocenters. The topological polar surface area (TPSA) is 21.7 Å². The lowest BCUT2D eigenvalue weighted by atomic mass is 9.99. The summed E-state index contributed by atoms with van der Waals surface area (Å²) < 4.78 is 11.4. The van der Waals surface area contributed by atoms with Crippen LogP contribution in [-0.4, -0.2) is 44.4 Å². The summed E-state index contributed by atoms with van der Waals surface area (Å²) in [7, 11) is 0. The predicted molar refractivity (Wildman–Crippen MR) is 87.1 cm³/mol. The van der Waals surface area contributed by atoms with Crippen molar-refractivity contribution < 1.29 is 9.47 Å². The lowest BCUT2D eigenvalue weighted by Gasteiger charge is -2.29. The number of hydrogen-bond donors (Lipinski definition) is 0. The van der Waals surface area contributed by atoms with Gasteiger partial charge in [-0.1, -0.05) is 13.0 Å². The molecular weight excluding hydrogens is 262 g/mol. The number of ether oxygens (including phenoxy) is 2. The molecular formula is C18H29NO2. The van der Waals surface area contributed by atoms with Gasteiger partial charge in [0.2, 0.25) is 0 Å². The van der Waals surface area contributed by atoms with Crippen molar-refractivity contribution in [3.63, 3.8) is 0 Å². The summed E-state index contributed by atoms with van der Waals surface area (Å²) in [4.78, 5) is 2.50. The van der Waals surface area contributed by atoms with E-state index in [0.29, 0.717) is 13.2 Å². The maximum Gasteiger partial charge on any atom is 0.119 e. The fourth-order valence-corrected chi connectivity index (χ4v) is 2.82. The molecule has 0 saturated carbocycles. The second kappa shape index (κ2) is 8.40. The highest BCUT2D eigenvalue weighted by Gasteiger charge is 2.14. The van der Waals surface area contributed by atoms with E-state index in [1.165, 1.54) is 37.1 Å². The second-order valence-electron chi connectivity index (χ2n) is 6.31. The summed E-state index contributed by atoms with van der Waals surface area (Å²) in [5.41, 5.74) is 2.48. The van der Waals surface area contributed by atoms with Crippen LogP contribution >= 0.6 is 0 Å². The average Bonchev–Trinajstić information content (AvgIpc) is 2.43. The van der Waals surface area contributed by atoms with Crippen LogP contribution in [0.2, 0.25) is 0 Å².